The van der Waals surface area contributed by atoms with Crippen LogP contribution in [0.15, 0.2) is 17.5 Å². The van der Waals surface area contributed by atoms with Crippen molar-refractivity contribution in [1.29, 1.82) is 0 Å². The molecular formula is C17H27N3OS. The second-order valence-electron chi connectivity index (χ2n) is 6.89. The first-order valence-electron chi connectivity index (χ1n) is 8.33. The number of nitrogens with zero attached hydrogens (tertiary/aromatic N) is 3. The molecule has 3 rings (SSSR count). The number of thiophene rings is 1. The molecule has 2 fully saturated rings. The second kappa shape index (κ2) is 6.69. The van der Waals surface area contributed by atoms with Gasteiger partial charge in [0.2, 0.25) is 0 Å². The first-order chi connectivity index (χ1) is 10.6. The van der Waals surface area contributed by atoms with Gasteiger partial charge >= 0.3 is 0 Å². The summed E-state index contributed by atoms with van der Waals surface area (Å²) in [6.07, 6.45) is 4.89. The molecule has 122 valence electrons. The summed E-state index contributed by atoms with van der Waals surface area (Å²) in [6, 6.07) is 3.90. The summed E-state index contributed by atoms with van der Waals surface area (Å²) in [5, 5.41) is 1.98. The maximum atomic E-state index is 12.5. The van der Waals surface area contributed by atoms with Gasteiger partial charge in [-0.15, -0.1) is 11.3 Å². The van der Waals surface area contributed by atoms with E-state index in [0.29, 0.717) is 5.54 Å². The molecule has 1 amide bonds. The summed E-state index contributed by atoms with van der Waals surface area (Å²) in [4.78, 5) is 20.4. The van der Waals surface area contributed by atoms with Crippen molar-refractivity contribution in [3.05, 3.63) is 22.4 Å². The van der Waals surface area contributed by atoms with Gasteiger partial charge in [0.15, 0.2) is 0 Å². The minimum atomic E-state index is 0.225. The Balaban J connectivity index is 1.59. The Kier molecular flexibility index (Phi) is 4.85. The van der Waals surface area contributed by atoms with E-state index in [1.54, 1.807) is 11.3 Å². The molecule has 1 aromatic rings. The standard InChI is InChI=1S/C17H27N3OS/c1-18(2)12-13-20-9-4-6-17(20)7-10-19(11-8-17)16(21)15-5-3-14-22-15/h3,5,14H,4,6-13H2,1-2H3. The second-order valence-corrected chi connectivity index (χ2v) is 7.84. The lowest BCUT2D eigenvalue weighted by Crippen LogP contribution is -2.54. The highest BCUT2D eigenvalue weighted by molar-refractivity contribution is 7.12. The minimum Gasteiger partial charge on any atom is -0.338 e. The summed E-state index contributed by atoms with van der Waals surface area (Å²) in [6.45, 7) is 5.34. The van der Waals surface area contributed by atoms with Crippen molar-refractivity contribution in [2.24, 2.45) is 0 Å². The van der Waals surface area contributed by atoms with Crippen LogP contribution in [0.1, 0.15) is 35.4 Å². The average molecular weight is 321 g/mol. The fourth-order valence-electron chi connectivity index (χ4n) is 3.91. The first-order valence-corrected chi connectivity index (χ1v) is 9.21. The molecule has 4 nitrogen and oxygen atoms in total. The van der Waals surface area contributed by atoms with Crippen molar-refractivity contribution in [2.75, 3.05) is 46.8 Å². The lowest BCUT2D eigenvalue weighted by atomic mass is 9.85. The van der Waals surface area contributed by atoms with Gasteiger partial charge in [0.1, 0.15) is 0 Å². The molecule has 0 N–H and O–H groups in total. The Bertz CT molecular complexity index is 492. The Morgan fingerprint density at radius 2 is 2.05 bits per heavy atom. The number of likely N-dealkylation sites (tertiary alicyclic amines) is 2. The number of carbonyl (C=O) groups excluding carboxylic acids is 1. The average Bonchev–Trinajstić information content (AvgIpc) is 3.16. The smallest absolute Gasteiger partial charge is 0.263 e. The highest BCUT2D eigenvalue weighted by Crippen LogP contribution is 2.38. The quantitative estimate of drug-likeness (QED) is 0.852. The lowest BCUT2D eigenvalue weighted by molar-refractivity contribution is 0.0396. The molecule has 0 saturated carbocycles. The molecule has 22 heavy (non-hydrogen) atoms. The number of likely N-dealkylation sites (N-methyl/N-ethyl adjacent to an activating group) is 1. The van der Waals surface area contributed by atoms with Gasteiger partial charge in [0.25, 0.3) is 5.91 Å². The minimum absolute atomic E-state index is 0.225. The van der Waals surface area contributed by atoms with Crippen LogP contribution in [0, 0.1) is 0 Å². The van der Waals surface area contributed by atoms with E-state index in [-0.39, 0.29) is 5.91 Å². The molecule has 1 aromatic heterocycles. The molecule has 0 atom stereocenters. The summed E-state index contributed by atoms with van der Waals surface area (Å²) in [7, 11) is 4.29. The molecule has 0 bridgehead atoms. The molecule has 2 saturated heterocycles. The van der Waals surface area contributed by atoms with Crippen molar-refractivity contribution in [3.8, 4) is 0 Å². The molecule has 0 radical (unpaired) electrons. The van der Waals surface area contributed by atoms with Crippen LogP contribution >= 0.6 is 11.3 Å². The first kappa shape index (κ1) is 16.0. The lowest BCUT2D eigenvalue weighted by Gasteiger charge is -2.45. The molecule has 3 heterocycles. The zero-order chi connectivity index (χ0) is 15.6. The van der Waals surface area contributed by atoms with Crippen molar-refractivity contribution >= 4 is 17.2 Å². The monoisotopic (exact) mass is 321 g/mol. The normalized spacial score (nSPS) is 21.9. The molecule has 0 unspecified atom stereocenters. The van der Waals surface area contributed by atoms with Crippen LogP contribution in [0.4, 0.5) is 0 Å². The van der Waals surface area contributed by atoms with E-state index in [1.807, 2.05) is 17.5 Å². The molecular weight excluding hydrogens is 294 g/mol. The predicted molar refractivity (Wildman–Crippen MR) is 91.5 cm³/mol. The van der Waals surface area contributed by atoms with E-state index >= 15 is 0 Å². The number of rotatable bonds is 4. The van der Waals surface area contributed by atoms with Gasteiger partial charge in [0.05, 0.1) is 4.88 Å². The number of hydrogen-bond donors (Lipinski definition) is 0. The third-order valence-electron chi connectivity index (χ3n) is 5.27. The van der Waals surface area contributed by atoms with Gasteiger partial charge in [-0.05, 0) is 57.8 Å². The molecule has 5 heteroatoms. The van der Waals surface area contributed by atoms with E-state index in [0.717, 1.165) is 43.9 Å². The maximum absolute atomic E-state index is 12.5. The Hall–Kier alpha value is -0.910. The summed E-state index contributed by atoms with van der Waals surface area (Å²) in [5.41, 5.74) is 0.363. The molecule has 1 spiro atoms. The highest BCUT2D eigenvalue weighted by atomic mass is 32.1. The number of carbonyl (C=O) groups is 1. The fraction of sp³-hybridized carbons (Fsp3) is 0.706. The van der Waals surface area contributed by atoms with Gasteiger partial charge in [0, 0.05) is 31.7 Å². The SMILES string of the molecule is CN(C)CCN1CCCC12CCN(C(=O)c1cccs1)CC2. The van der Waals surface area contributed by atoms with Crippen LogP contribution in [0.5, 0.6) is 0 Å². The topological polar surface area (TPSA) is 26.8 Å². The van der Waals surface area contributed by atoms with E-state index in [1.165, 1.54) is 19.4 Å². The van der Waals surface area contributed by atoms with Crippen molar-refractivity contribution in [3.63, 3.8) is 0 Å². The predicted octanol–water partition coefficient (Wildman–Crippen LogP) is 2.38. The van der Waals surface area contributed by atoms with Gasteiger partial charge < -0.3 is 9.80 Å². The Morgan fingerprint density at radius 3 is 2.68 bits per heavy atom. The van der Waals surface area contributed by atoms with Crippen LogP contribution in [-0.4, -0.2) is 73.0 Å². The number of hydrogen-bond acceptors (Lipinski definition) is 4. The van der Waals surface area contributed by atoms with Crippen molar-refractivity contribution in [2.45, 2.75) is 31.2 Å². The van der Waals surface area contributed by atoms with Crippen LogP contribution in [-0.2, 0) is 0 Å². The van der Waals surface area contributed by atoms with E-state index in [9.17, 15) is 4.79 Å². The van der Waals surface area contributed by atoms with Gasteiger partial charge in [-0.25, -0.2) is 0 Å². The number of piperidine rings is 1. The summed E-state index contributed by atoms with van der Waals surface area (Å²) < 4.78 is 0. The van der Waals surface area contributed by atoms with Crippen LogP contribution in [0.25, 0.3) is 0 Å². The van der Waals surface area contributed by atoms with E-state index in [2.05, 4.69) is 28.8 Å². The Labute approximate surface area is 137 Å². The summed E-state index contributed by atoms with van der Waals surface area (Å²) >= 11 is 1.55. The van der Waals surface area contributed by atoms with Gasteiger partial charge in [-0.2, -0.15) is 0 Å². The summed E-state index contributed by atoms with van der Waals surface area (Å²) in [5.74, 6) is 0.225. The zero-order valence-corrected chi connectivity index (χ0v) is 14.6. The fourth-order valence-corrected chi connectivity index (χ4v) is 4.60. The van der Waals surface area contributed by atoms with Crippen molar-refractivity contribution < 1.29 is 4.79 Å². The van der Waals surface area contributed by atoms with E-state index in [4.69, 9.17) is 0 Å². The highest BCUT2D eigenvalue weighted by Gasteiger charge is 2.43. The van der Waals surface area contributed by atoms with Crippen LogP contribution < -0.4 is 0 Å². The van der Waals surface area contributed by atoms with Crippen LogP contribution in [0.2, 0.25) is 0 Å². The molecule has 0 aliphatic carbocycles. The third kappa shape index (κ3) is 3.21. The molecule has 2 aliphatic heterocycles. The van der Waals surface area contributed by atoms with Crippen LogP contribution in [0.3, 0.4) is 0 Å². The maximum Gasteiger partial charge on any atom is 0.263 e. The largest absolute Gasteiger partial charge is 0.338 e. The van der Waals surface area contributed by atoms with Gasteiger partial charge in [-0.1, -0.05) is 6.07 Å². The van der Waals surface area contributed by atoms with Crippen molar-refractivity contribution in [1.82, 2.24) is 14.7 Å². The third-order valence-corrected chi connectivity index (χ3v) is 6.13. The van der Waals surface area contributed by atoms with E-state index < -0.39 is 0 Å². The zero-order valence-electron chi connectivity index (χ0n) is 13.8. The molecule has 0 aromatic carbocycles. The number of amides is 1. The molecule has 2 aliphatic rings. The Morgan fingerprint density at radius 1 is 1.27 bits per heavy atom. The van der Waals surface area contributed by atoms with Gasteiger partial charge in [-0.3, -0.25) is 9.69 Å².